The van der Waals surface area contributed by atoms with E-state index in [1.54, 1.807) is 0 Å². The molecule has 0 bridgehead atoms. The van der Waals surface area contributed by atoms with E-state index in [4.69, 9.17) is 10.5 Å². The third-order valence-electron chi connectivity index (χ3n) is 1.93. The van der Waals surface area contributed by atoms with Crippen molar-refractivity contribution in [2.24, 2.45) is 5.73 Å². The van der Waals surface area contributed by atoms with Gasteiger partial charge >= 0.3 is 0 Å². The Labute approximate surface area is 78.7 Å². The van der Waals surface area contributed by atoms with Gasteiger partial charge in [-0.1, -0.05) is 0 Å². The molecule has 0 aliphatic heterocycles. The molecule has 0 aliphatic rings. The summed E-state index contributed by atoms with van der Waals surface area (Å²) in [5.41, 5.74) is 6.45. The Morgan fingerprint density at radius 2 is 2.46 bits per heavy atom. The molecule has 2 N–H and O–H groups in total. The van der Waals surface area contributed by atoms with Crippen molar-refractivity contribution >= 4 is 0 Å². The van der Waals surface area contributed by atoms with Gasteiger partial charge in [-0.05, 0) is 13.8 Å². The van der Waals surface area contributed by atoms with Crippen LogP contribution in [0.3, 0.4) is 0 Å². The fraction of sp³-hybridized carbons (Fsp3) is 0.667. The molecule has 1 aromatic rings. The van der Waals surface area contributed by atoms with Crippen molar-refractivity contribution in [2.45, 2.75) is 26.5 Å². The lowest BCUT2D eigenvalue weighted by Crippen LogP contribution is -2.10. The van der Waals surface area contributed by atoms with Gasteiger partial charge in [-0.3, -0.25) is 4.68 Å². The maximum atomic E-state index is 5.46. The molecule has 4 heteroatoms. The standard InChI is InChI=1S/C9H17N3O/c1-3-12-7-9(6-11-12)8(2)13-5-4-10/h6-8H,3-5,10H2,1-2H3/t8-/m1/s1. The normalized spacial score (nSPS) is 13.2. The minimum absolute atomic E-state index is 0.0869. The molecule has 0 aliphatic carbocycles. The number of aromatic nitrogens is 2. The predicted octanol–water partition coefficient (Wildman–Crippen LogP) is 0.939. The number of nitrogens with two attached hydrogens (primary N) is 1. The highest BCUT2D eigenvalue weighted by molar-refractivity contribution is 5.07. The molecular weight excluding hydrogens is 166 g/mol. The molecule has 0 fully saturated rings. The van der Waals surface area contributed by atoms with Gasteiger partial charge in [0.05, 0.1) is 18.9 Å². The largest absolute Gasteiger partial charge is 0.372 e. The lowest BCUT2D eigenvalue weighted by atomic mass is 10.2. The van der Waals surface area contributed by atoms with E-state index in [0.717, 1.165) is 12.1 Å². The van der Waals surface area contributed by atoms with Crippen molar-refractivity contribution in [1.29, 1.82) is 0 Å². The molecule has 0 saturated carbocycles. The molecule has 13 heavy (non-hydrogen) atoms. The minimum Gasteiger partial charge on any atom is -0.372 e. The van der Waals surface area contributed by atoms with E-state index in [1.165, 1.54) is 0 Å². The Kier molecular flexibility index (Phi) is 3.92. The third kappa shape index (κ3) is 2.82. The van der Waals surface area contributed by atoms with Gasteiger partial charge in [-0.2, -0.15) is 5.10 Å². The van der Waals surface area contributed by atoms with Crippen molar-refractivity contribution < 1.29 is 4.74 Å². The quantitative estimate of drug-likeness (QED) is 0.739. The summed E-state index contributed by atoms with van der Waals surface area (Å²) in [7, 11) is 0. The van der Waals surface area contributed by atoms with Crippen molar-refractivity contribution in [2.75, 3.05) is 13.2 Å². The third-order valence-corrected chi connectivity index (χ3v) is 1.93. The first-order valence-electron chi connectivity index (χ1n) is 4.62. The van der Waals surface area contributed by atoms with Gasteiger partial charge in [-0.15, -0.1) is 0 Å². The van der Waals surface area contributed by atoms with Crippen LogP contribution in [-0.4, -0.2) is 22.9 Å². The Bertz CT molecular complexity index is 247. The van der Waals surface area contributed by atoms with Crippen LogP contribution < -0.4 is 5.73 Å². The fourth-order valence-electron chi connectivity index (χ4n) is 1.10. The number of hydrogen-bond acceptors (Lipinski definition) is 3. The van der Waals surface area contributed by atoms with Crippen LogP contribution in [0.2, 0.25) is 0 Å². The van der Waals surface area contributed by atoms with Gasteiger partial charge in [0, 0.05) is 24.8 Å². The summed E-state index contributed by atoms with van der Waals surface area (Å²) >= 11 is 0. The second kappa shape index (κ2) is 4.99. The van der Waals surface area contributed by atoms with E-state index in [0.29, 0.717) is 13.2 Å². The highest BCUT2D eigenvalue weighted by Gasteiger charge is 2.06. The summed E-state index contributed by atoms with van der Waals surface area (Å²) in [5.74, 6) is 0. The van der Waals surface area contributed by atoms with Crippen LogP contribution in [0.5, 0.6) is 0 Å². The van der Waals surface area contributed by atoms with Crippen LogP contribution in [0.1, 0.15) is 25.5 Å². The lowest BCUT2D eigenvalue weighted by Gasteiger charge is -2.09. The van der Waals surface area contributed by atoms with E-state index in [2.05, 4.69) is 12.0 Å². The zero-order valence-corrected chi connectivity index (χ0v) is 8.23. The zero-order valence-electron chi connectivity index (χ0n) is 8.23. The first-order chi connectivity index (χ1) is 6.27. The van der Waals surface area contributed by atoms with Crippen molar-refractivity contribution in [3.05, 3.63) is 18.0 Å². The second-order valence-corrected chi connectivity index (χ2v) is 2.93. The van der Waals surface area contributed by atoms with Crippen LogP contribution in [0, 0.1) is 0 Å². The summed E-state index contributed by atoms with van der Waals surface area (Å²) in [4.78, 5) is 0. The van der Waals surface area contributed by atoms with E-state index >= 15 is 0 Å². The first-order valence-corrected chi connectivity index (χ1v) is 4.62. The molecule has 0 spiro atoms. The molecule has 1 atom stereocenters. The second-order valence-electron chi connectivity index (χ2n) is 2.93. The van der Waals surface area contributed by atoms with Crippen LogP contribution in [0.4, 0.5) is 0 Å². The van der Waals surface area contributed by atoms with Gasteiger partial charge in [-0.25, -0.2) is 0 Å². The van der Waals surface area contributed by atoms with Gasteiger partial charge in [0.15, 0.2) is 0 Å². The number of nitrogens with zero attached hydrogens (tertiary/aromatic N) is 2. The van der Waals surface area contributed by atoms with Crippen molar-refractivity contribution in [3.8, 4) is 0 Å². The number of aryl methyl sites for hydroxylation is 1. The molecule has 0 radical (unpaired) electrons. The smallest absolute Gasteiger partial charge is 0.0827 e. The number of rotatable bonds is 5. The summed E-state index contributed by atoms with van der Waals surface area (Å²) in [5, 5.41) is 4.17. The Morgan fingerprint density at radius 1 is 1.69 bits per heavy atom. The molecule has 0 aromatic carbocycles. The van der Waals surface area contributed by atoms with Crippen LogP contribution in [-0.2, 0) is 11.3 Å². The highest BCUT2D eigenvalue weighted by atomic mass is 16.5. The monoisotopic (exact) mass is 183 g/mol. The molecule has 1 aromatic heterocycles. The molecule has 74 valence electrons. The summed E-state index contributed by atoms with van der Waals surface area (Å²) in [6.07, 6.45) is 3.93. The predicted molar refractivity (Wildman–Crippen MR) is 51.3 cm³/mol. The Balaban J connectivity index is 2.50. The summed E-state index contributed by atoms with van der Waals surface area (Å²) < 4.78 is 7.34. The van der Waals surface area contributed by atoms with Gasteiger partial charge in [0.1, 0.15) is 0 Å². The highest BCUT2D eigenvalue weighted by Crippen LogP contribution is 2.14. The van der Waals surface area contributed by atoms with E-state index in [9.17, 15) is 0 Å². The molecular formula is C9H17N3O. The average Bonchev–Trinajstić information content (AvgIpc) is 2.62. The van der Waals surface area contributed by atoms with Gasteiger partial charge in [0.25, 0.3) is 0 Å². The summed E-state index contributed by atoms with van der Waals surface area (Å²) in [6.45, 7) is 6.11. The molecule has 0 unspecified atom stereocenters. The first kappa shape index (κ1) is 10.2. The van der Waals surface area contributed by atoms with E-state index < -0.39 is 0 Å². The molecule has 0 amide bonds. The zero-order chi connectivity index (χ0) is 9.68. The van der Waals surface area contributed by atoms with Crippen molar-refractivity contribution in [3.63, 3.8) is 0 Å². The van der Waals surface area contributed by atoms with Gasteiger partial charge < -0.3 is 10.5 Å². The molecule has 4 nitrogen and oxygen atoms in total. The number of ether oxygens (including phenoxy) is 1. The molecule has 0 saturated heterocycles. The fourth-order valence-corrected chi connectivity index (χ4v) is 1.10. The molecule has 1 rings (SSSR count). The van der Waals surface area contributed by atoms with E-state index in [-0.39, 0.29) is 6.10 Å². The minimum atomic E-state index is 0.0869. The Morgan fingerprint density at radius 3 is 3.00 bits per heavy atom. The van der Waals surface area contributed by atoms with Crippen LogP contribution >= 0.6 is 0 Å². The molecule has 1 heterocycles. The van der Waals surface area contributed by atoms with E-state index in [1.807, 2.05) is 24.0 Å². The number of hydrogen-bond donors (Lipinski definition) is 1. The maximum absolute atomic E-state index is 5.46. The average molecular weight is 183 g/mol. The lowest BCUT2D eigenvalue weighted by molar-refractivity contribution is 0.0717. The topological polar surface area (TPSA) is 53.1 Å². The summed E-state index contributed by atoms with van der Waals surface area (Å²) in [6, 6.07) is 0. The Hall–Kier alpha value is -0.870. The van der Waals surface area contributed by atoms with Crippen LogP contribution in [0.25, 0.3) is 0 Å². The van der Waals surface area contributed by atoms with Gasteiger partial charge in [0.2, 0.25) is 0 Å². The van der Waals surface area contributed by atoms with Crippen LogP contribution in [0.15, 0.2) is 12.4 Å². The SMILES string of the molecule is CCn1cc([C@@H](C)OCCN)cn1. The maximum Gasteiger partial charge on any atom is 0.0827 e. The van der Waals surface area contributed by atoms with Crippen molar-refractivity contribution in [1.82, 2.24) is 9.78 Å².